The van der Waals surface area contributed by atoms with Crippen molar-refractivity contribution >= 4 is 17.7 Å². The Kier molecular flexibility index (Phi) is 4.78. The molecule has 114 valence electrons. The van der Waals surface area contributed by atoms with E-state index < -0.39 is 51.0 Å². The summed E-state index contributed by atoms with van der Waals surface area (Å²) in [7, 11) is 0.815. The molecule has 0 saturated heterocycles. The van der Waals surface area contributed by atoms with Crippen molar-refractivity contribution in [1.82, 2.24) is 0 Å². The molecule has 1 aromatic carbocycles. The van der Waals surface area contributed by atoms with E-state index in [2.05, 4.69) is 4.74 Å². The van der Waals surface area contributed by atoms with E-state index in [-0.39, 0.29) is 0 Å². The van der Waals surface area contributed by atoms with E-state index in [0.29, 0.717) is 12.1 Å². The molecular weight excluding hydrogens is 324 g/mol. The third-order valence-corrected chi connectivity index (χ3v) is 3.04. The second-order valence-electron chi connectivity index (χ2n) is 3.51. The standard InChI is InChI=1S/C11H5F6NO2S/c1-20-9(19)6-3-2-5(4-18)7(10(12,13)14)8(6)21-11(15,16)17/h2-3H,1H3. The van der Waals surface area contributed by atoms with E-state index in [9.17, 15) is 31.1 Å². The third kappa shape index (κ3) is 4.04. The number of hydrogen-bond donors (Lipinski definition) is 0. The number of thioether (sulfide) groups is 1. The monoisotopic (exact) mass is 329 g/mol. The van der Waals surface area contributed by atoms with Crippen molar-refractivity contribution in [2.24, 2.45) is 0 Å². The first-order valence-electron chi connectivity index (χ1n) is 4.99. The van der Waals surface area contributed by atoms with Gasteiger partial charge in [-0.2, -0.15) is 31.6 Å². The van der Waals surface area contributed by atoms with Gasteiger partial charge in [0.15, 0.2) is 0 Å². The quantitative estimate of drug-likeness (QED) is 0.468. The van der Waals surface area contributed by atoms with Crippen LogP contribution in [-0.2, 0) is 10.9 Å². The lowest BCUT2D eigenvalue weighted by atomic mass is 10.0. The maximum atomic E-state index is 12.9. The number of ether oxygens (including phenoxy) is 1. The summed E-state index contributed by atoms with van der Waals surface area (Å²) in [6.45, 7) is 0. The van der Waals surface area contributed by atoms with Gasteiger partial charge in [-0.15, -0.1) is 0 Å². The molecule has 1 aromatic rings. The topological polar surface area (TPSA) is 50.1 Å². The number of nitrogens with zero attached hydrogens (tertiary/aromatic N) is 1. The molecule has 10 heteroatoms. The van der Waals surface area contributed by atoms with Gasteiger partial charge < -0.3 is 4.74 Å². The van der Waals surface area contributed by atoms with E-state index in [4.69, 9.17) is 5.26 Å². The maximum absolute atomic E-state index is 12.9. The van der Waals surface area contributed by atoms with Crippen LogP contribution in [0.25, 0.3) is 0 Å². The second-order valence-corrected chi connectivity index (χ2v) is 4.59. The number of hydrogen-bond acceptors (Lipinski definition) is 4. The first kappa shape index (κ1) is 17.2. The van der Waals surface area contributed by atoms with Gasteiger partial charge in [0, 0.05) is 4.90 Å². The Morgan fingerprint density at radius 2 is 1.81 bits per heavy atom. The molecule has 0 spiro atoms. The van der Waals surface area contributed by atoms with E-state index in [1.807, 2.05) is 0 Å². The predicted molar refractivity (Wildman–Crippen MR) is 59.4 cm³/mol. The lowest BCUT2D eigenvalue weighted by Gasteiger charge is -2.17. The molecule has 0 atom stereocenters. The van der Waals surface area contributed by atoms with Gasteiger partial charge in [0.05, 0.1) is 29.9 Å². The van der Waals surface area contributed by atoms with Crippen LogP contribution in [0.4, 0.5) is 26.3 Å². The van der Waals surface area contributed by atoms with Crippen LogP contribution in [0.5, 0.6) is 0 Å². The van der Waals surface area contributed by atoms with Gasteiger partial charge in [-0.25, -0.2) is 4.79 Å². The first-order chi connectivity index (χ1) is 9.51. The molecule has 0 fully saturated rings. The Morgan fingerprint density at radius 3 is 2.19 bits per heavy atom. The molecule has 0 N–H and O–H groups in total. The van der Waals surface area contributed by atoms with Crippen LogP contribution in [0.1, 0.15) is 21.5 Å². The van der Waals surface area contributed by atoms with E-state index in [0.717, 1.165) is 13.2 Å². The van der Waals surface area contributed by atoms with Crippen molar-refractivity contribution in [1.29, 1.82) is 5.26 Å². The van der Waals surface area contributed by atoms with Crippen LogP contribution in [0.3, 0.4) is 0 Å². The first-order valence-corrected chi connectivity index (χ1v) is 5.81. The highest BCUT2D eigenvalue weighted by Crippen LogP contribution is 2.46. The minimum Gasteiger partial charge on any atom is -0.465 e. The Labute approximate surface area is 118 Å². The van der Waals surface area contributed by atoms with Crippen molar-refractivity contribution in [3.63, 3.8) is 0 Å². The minimum atomic E-state index is -5.23. The summed E-state index contributed by atoms with van der Waals surface area (Å²) in [5.41, 5.74) is -8.81. The van der Waals surface area contributed by atoms with Gasteiger partial charge in [-0.05, 0) is 23.9 Å². The molecule has 0 aliphatic rings. The molecular formula is C11H5F6NO2S. The maximum Gasteiger partial charge on any atom is 0.446 e. The summed E-state index contributed by atoms with van der Waals surface area (Å²) in [6, 6.07) is 2.47. The predicted octanol–water partition coefficient (Wildman–Crippen LogP) is 3.98. The molecule has 0 saturated carbocycles. The number of carbonyl (C=O) groups is 1. The molecule has 0 aliphatic carbocycles. The van der Waals surface area contributed by atoms with Gasteiger partial charge in [-0.1, -0.05) is 0 Å². The van der Waals surface area contributed by atoms with Gasteiger partial charge >= 0.3 is 17.7 Å². The number of alkyl halides is 6. The summed E-state index contributed by atoms with van der Waals surface area (Å²) in [6.07, 6.45) is -5.23. The Bertz CT molecular complexity index is 602. The number of carbonyl (C=O) groups excluding carboxylic acids is 1. The minimum absolute atomic E-state index is 0.621. The zero-order valence-corrected chi connectivity index (χ0v) is 10.9. The van der Waals surface area contributed by atoms with Crippen LogP contribution in [-0.4, -0.2) is 18.6 Å². The molecule has 0 radical (unpaired) electrons. The molecule has 0 unspecified atom stereocenters. The zero-order valence-electron chi connectivity index (χ0n) is 10.1. The fourth-order valence-electron chi connectivity index (χ4n) is 1.45. The van der Waals surface area contributed by atoms with E-state index in [1.54, 1.807) is 0 Å². The highest BCUT2D eigenvalue weighted by atomic mass is 32.2. The summed E-state index contributed by atoms with van der Waals surface area (Å²) in [4.78, 5) is 9.94. The van der Waals surface area contributed by atoms with Crippen molar-refractivity contribution in [3.05, 3.63) is 28.8 Å². The second kappa shape index (κ2) is 5.85. The van der Waals surface area contributed by atoms with Crippen LogP contribution >= 0.6 is 11.8 Å². The van der Waals surface area contributed by atoms with Crippen molar-refractivity contribution < 1.29 is 35.9 Å². The van der Waals surface area contributed by atoms with Gasteiger partial charge in [0.25, 0.3) is 0 Å². The fourth-order valence-corrected chi connectivity index (χ4v) is 2.27. The van der Waals surface area contributed by atoms with Crippen LogP contribution in [0.15, 0.2) is 17.0 Å². The van der Waals surface area contributed by atoms with Crippen molar-refractivity contribution in [2.75, 3.05) is 7.11 Å². The number of nitriles is 1. The highest BCUT2D eigenvalue weighted by Gasteiger charge is 2.42. The Balaban J connectivity index is 3.72. The van der Waals surface area contributed by atoms with Crippen molar-refractivity contribution in [3.8, 4) is 6.07 Å². The molecule has 0 aromatic heterocycles. The zero-order chi connectivity index (χ0) is 16.4. The number of halogens is 6. The van der Waals surface area contributed by atoms with Crippen LogP contribution < -0.4 is 0 Å². The molecule has 3 nitrogen and oxygen atoms in total. The summed E-state index contributed by atoms with van der Waals surface area (Å²) < 4.78 is 80.3. The average molecular weight is 329 g/mol. The molecule has 0 amide bonds. The average Bonchev–Trinajstić information content (AvgIpc) is 2.33. The smallest absolute Gasteiger partial charge is 0.446 e. The third-order valence-electron chi connectivity index (χ3n) is 2.18. The lowest BCUT2D eigenvalue weighted by molar-refractivity contribution is -0.140. The van der Waals surface area contributed by atoms with Gasteiger partial charge in [-0.3, -0.25) is 0 Å². The van der Waals surface area contributed by atoms with Gasteiger partial charge in [0.1, 0.15) is 0 Å². The lowest BCUT2D eigenvalue weighted by Crippen LogP contribution is -2.16. The number of rotatable bonds is 2. The van der Waals surface area contributed by atoms with E-state index >= 15 is 0 Å². The van der Waals surface area contributed by atoms with Crippen molar-refractivity contribution in [2.45, 2.75) is 16.6 Å². The van der Waals surface area contributed by atoms with Crippen LogP contribution in [0, 0.1) is 11.3 Å². The molecule has 21 heavy (non-hydrogen) atoms. The summed E-state index contributed by atoms with van der Waals surface area (Å²) in [5.74, 6) is -1.36. The Morgan fingerprint density at radius 1 is 1.24 bits per heavy atom. The largest absolute Gasteiger partial charge is 0.465 e. The SMILES string of the molecule is COC(=O)c1ccc(C#N)c(C(F)(F)F)c1SC(F)(F)F. The number of esters is 1. The normalized spacial score (nSPS) is 11.9. The number of benzene rings is 1. The molecule has 1 rings (SSSR count). The Hall–Kier alpha value is -1.89. The summed E-state index contributed by atoms with van der Waals surface area (Å²) in [5, 5.41) is 8.63. The summed E-state index contributed by atoms with van der Waals surface area (Å²) >= 11 is -1.12. The molecule has 0 aliphatic heterocycles. The van der Waals surface area contributed by atoms with E-state index in [1.165, 1.54) is 0 Å². The molecule has 0 heterocycles. The number of methoxy groups -OCH3 is 1. The van der Waals surface area contributed by atoms with Crippen LogP contribution in [0.2, 0.25) is 0 Å². The fraction of sp³-hybridized carbons (Fsp3) is 0.273. The highest BCUT2D eigenvalue weighted by molar-refractivity contribution is 8.00. The van der Waals surface area contributed by atoms with Gasteiger partial charge in [0.2, 0.25) is 0 Å². The molecule has 0 bridgehead atoms.